The molecule has 9 heteroatoms. The summed E-state index contributed by atoms with van der Waals surface area (Å²) in [6.07, 6.45) is 0. The van der Waals surface area contributed by atoms with Crippen molar-refractivity contribution >= 4 is 18.4 Å². The maximum Gasteiger partial charge on any atom is 0.379 e. The van der Waals surface area contributed by atoms with Gasteiger partial charge in [0.2, 0.25) is 0 Å². The van der Waals surface area contributed by atoms with Gasteiger partial charge < -0.3 is 24.7 Å². The molecule has 1 rings (SSSR count). The SMILES string of the molecule is CCOC(=O)C(F)(F)[C@@H](N)c1cc(OC)c(OC)cc1OC.Cl. The summed E-state index contributed by atoms with van der Waals surface area (Å²) in [7, 11) is 4.03. The van der Waals surface area contributed by atoms with E-state index in [9.17, 15) is 13.6 Å². The molecule has 1 aromatic rings. The standard InChI is InChI=1S/C14H19F2NO5.ClH/c1-5-22-13(18)14(15,16)12(17)8-6-10(20-3)11(21-4)7-9(8)19-2;/h6-7,12H,5,17H2,1-4H3;1H/t12-;/m0./s1. The highest BCUT2D eigenvalue weighted by Crippen LogP contribution is 2.41. The monoisotopic (exact) mass is 355 g/mol. The topological polar surface area (TPSA) is 80.0 Å². The molecule has 6 nitrogen and oxygen atoms in total. The van der Waals surface area contributed by atoms with Crippen molar-refractivity contribution in [1.29, 1.82) is 0 Å². The second kappa shape index (κ2) is 8.73. The quantitative estimate of drug-likeness (QED) is 0.756. The smallest absolute Gasteiger partial charge is 0.379 e. The van der Waals surface area contributed by atoms with Crippen LogP contribution in [0.3, 0.4) is 0 Å². The van der Waals surface area contributed by atoms with Gasteiger partial charge in [-0.3, -0.25) is 0 Å². The fraction of sp³-hybridized carbons (Fsp3) is 0.500. The van der Waals surface area contributed by atoms with Crippen molar-refractivity contribution in [2.24, 2.45) is 5.73 Å². The number of methoxy groups -OCH3 is 3. The summed E-state index contributed by atoms with van der Waals surface area (Å²) in [6, 6.07) is 0.645. The lowest BCUT2D eigenvalue weighted by atomic mass is 9.99. The maximum atomic E-state index is 14.1. The molecule has 0 aliphatic carbocycles. The summed E-state index contributed by atoms with van der Waals surface area (Å²) in [5.74, 6) is -5.08. The van der Waals surface area contributed by atoms with E-state index in [-0.39, 0.29) is 41.8 Å². The van der Waals surface area contributed by atoms with Gasteiger partial charge in [-0.05, 0) is 13.0 Å². The largest absolute Gasteiger partial charge is 0.496 e. The van der Waals surface area contributed by atoms with E-state index in [0.717, 1.165) is 0 Å². The van der Waals surface area contributed by atoms with Crippen LogP contribution in [0.25, 0.3) is 0 Å². The predicted octanol–water partition coefficient (Wildman–Crippen LogP) is 2.33. The number of carbonyl (C=O) groups is 1. The number of halogens is 3. The Kier molecular flexibility index (Phi) is 8.05. The molecular weight excluding hydrogens is 336 g/mol. The van der Waals surface area contributed by atoms with Gasteiger partial charge in [-0.15, -0.1) is 12.4 Å². The Morgan fingerprint density at radius 3 is 2.04 bits per heavy atom. The molecule has 132 valence electrons. The molecule has 1 aromatic carbocycles. The van der Waals surface area contributed by atoms with Gasteiger partial charge in [-0.1, -0.05) is 0 Å². The fourth-order valence-electron chi connectivity index (χ4n) is 1.85. The third-order valence-corrected chi connectivity index (χ3v) is 3.01. The Morgan fingerprint density at radius 2 is 1.61 bits per heavy atom. The van der Waals surface area contributed by atoms with Crippen LogP contribution in [0, 0.1) is 0 Å². The fourth-order valence-corrected chi connectivity index (χ4v) is 1.85. The third-order valence-electron chi connectivity index (χ3n) is 3.01. The highest BCUT2D eigenvalue weighted by molar-refractivity contribution is 5.85. The second-order valence-corrected chi connectivity index (χ2v) is 4.27. The highest BCUT2D eigenvalue weighted by atomic mass is 35.5. The molecule has 0 aliphatic heterocycles. The molecule has 1 atom stereocenters. The Hall–Kier alpha value is -1.80. The van der Waals surface area contributed by atoms with Crippen molar-refractivity contribution < 1.29 is 32.5 Å². The molecule has 0 aromatic heterocycles. The van der Waals surface area contributed by atoms with Gasteiger partial charge in [0.1, 0.15) is 11.8 Å². The predicted molar refractivity (Wildman–Crippen MR) is 81.9 cm³/mol. The van der Waals surface area contributed by atoms with Gasteiger partial charge in [0.05, 0.1) is 27.9 Å². The van der Waals surface area contributed by atoms with Crippen LogP contribution in [-0.4, -0.2) is 39.8 Å². The van der Waals surface area contributed by atoms with Gasteiger partial charge in [0, 0.05) is 11.6 Å². The lowest BCUT2D eigenvalue weighted by molar-refractivity contribution is -0.174. The minimum atomic E-state index is -3.91. The number of rotatable bonds is 7. The van der Waals surface area contributed by atoms with E-state index >= 15 is 0 Å². The van der Waals surface area contributed by atoms with E-state index in [1.54, 1.807) is 0 Å². The molecule has 0 fully saturated rings. The Morgan fingerprint density at radius 1 is 1.13 bits per heavy atom. The lowest BCUT2D eigenvalue weighted by Gasteiger charge is -2.24. The van der Waals surface area contributed by atoms with Crippen molar-refractivity contribution in [1.82, 2.24) is 0 Å². The van der Waals surface area contributed by atoms with Crippen molar-refractivity contribution in [3.63, 3.8) is 0 Å². The minimum absolute atomic E-state index is 0. The normalized spacial score (nSPS) is 12.0. The second-order valence-electron chi connectivity index (χ2n) is 4.27. The average molecular weight is 356 g/mol. The Labute approximate surface area is 139 Å². The van der Waals surface area contributed by atoms with Crippen LogP contribution in [0.5, 0.6) is 17.2 Å². The molecule has 0 unspecified atom stereocenters. The zero-order valence-corrected chi connectivity index (χ0v) is 14.0. The summed E-state index contributed by atoms with van der Waals surface area (Å²) in [6.45, 7) is 1.25. The number of alkyl halides is 2. The summed E-state index contributed by atoms with van der Waals surface area (Å²) in [5.41, 5.74) is 5.47. The van der Waals surface area contributed by atoms with E-state index in [4.69, 9.17) is 19.9 Å². The zero-order valence-electron chi connectivity index (χ0n) is 13.2. The van der Waals surface area contributed by atoms with Crippen molar-refractivity contribution in [2.45, 2.75) is 18.9 Å². The molecule has 2 N–H and O–H groups in total. The lowest BCUT2D eigenvalue weighted by Crippen LogP contribution is -2.41. The van der Waals surface area contributed by atoms with E-state index in [0.29, 0.717) is 0 Å². The van der Waals surface area contributed by atoms with Crippen molar-refractivity contribution in [3.8, 4) is 17.2 Å². The van der Waals surface area contributed by atoms with E-state index < -0.39 is 17.9 Å². The van der Waals surface area contributed by atoms with Gasteiger partial charge >= 0.3 is 11.9 Å². The number of hydrogen-bond donors (Lipinski definition) is 1. The Bertz CT molecular complexity index is 542. The van der Waals surface area contributed by atoms with Crippen molar-refractivity contribution in [2.75, 3.05) is 27.9 Å². The summed E-state index contributed by atoms with van der Waals surface area (Å²) < 4.78 is 47.7. The zero-order chi connectivity index (χ0) is 16.9. The summed E-state index contributed by atoms with van der Waals surface area (Å²) >= 11 is 0. The van der Waals surface area contributed by atoms with Crippen LogP contribution >= 0.6 is 12.4 Å². The number of benzene rings is 1. The molecule has 0 aliphatic rings. The molecule has 0 spiro atoms. The first-order valence-corrected chi connectivity index (χ1v) is 6.43. The third kappa shape index (κ3) is 4.35. The molecule has 0 radical (unpaired) electrons. The van der Waals surface area contributed by atoms with Gasteiger partial charge in [-0.25, -0.2) is 4.79 Å². The highest BCUT2D eigenvalue weighted by Gasteiger charge is 2.49. The molecule has 23 heavy (non-hydrogen) atoms. The molecule has 0 heterocycles. The van der Waals surface area contributed by atoms with Gasteiger partial charge in [0.15, 0.2) is 11.5 Å². The molecule has 0 saturated carbocycles. The first-order valence-electron chi connectivity index (χ1n) is 6.43. The first-order chi connectivity index (χ1) is 10.3. The van der Waals surface area contributed by atoms with E-state index in [2.05, 4.69) is 4.74 Å². The molecule has 0 bridgehead atoms. The number of ether oxygens (including phenoxy) is 4. The number of hydrogen-bond acceptors (Lipinski definition) is 6. The maximum absolute atomic E-state index is 14.1. The molecule has 0 amide bonds. The minimum Gasteiger partial charge on any atom is -0.496 e. The summed E-state index contributed by atoms with van der Waals surface area (Å²) in [4.78, 5) is 11.4. The van der Waals surface area contributed by atoms with Crippen LogP contribution in [0.4, 0.5) is 8.78 Å². The first kappa shape index (κ1) is 21.2. The molecule has 0 saturated heterocycles. The average Bonchev–Trinajstić information content (AvgIpc) is 2.52. The molecular formula is C14H20ClF2NO5. The van der Waals surface area contributed by atoms with Crippen LogP contribution in [0.15, 0.2) is 12.1 Å². The van der Waals surface area contributed by atoms with Gasteiger partial charge in [-0.2, -0.15) is 8.78 Å². The number of nitrogens with two attached hydrogens (primary N) is 1. The number of esters is 1. The van der Waals surface area contributed by atoms with Crippen LogP contribution in [0.1, 0.15) is 18.5 Å². The van der Waals surface area contributed by atoms with Crippen LogP contribution in [-0.2, 0) is 9.53 Å². The van der Waals surface area contributed by atoms with Crippen LogP contribution < -0.4 is 19.9 Å². The van der Waals surface area contributed by atoms with Gasteiger partial charge in [0.25, 0.3) is 0 Å². The number of carbonyl (C=O) groups excluding carboxylic acids is 1. The summed E-state index contributed by atoms with van der Waals surface area (Å²) in [5, 5.41) is 0. The Balaban J connectivity index is 0.00000484. The van der Waals surface area contributed by atoms with E-state index in [1.807, 2.05) is 0 Å². The van der Waals surface area contributed by atoms with Crippen LogP contribution in [0.2, 0.25) is 0 Å². The van der Waals surface area contributed by atoms with Crippen molar-refractivity contribution in [3.05, 3.63) is 17.7 Å². The van der Waals surface area contributed by atoms with E-state index in [1.165, 1.54) is 40.4 Å².